The second kappa shape index (κ2) is 7.13. The predicted molar refractivity (Wildman–Crippen MR) is 91.0 cm³/mol. The number of rotatable bonds is 6. The van der Waals surface area contributed by atoms with Crippen LogP contribution in [0.4, 0.5) is 0 Å². The third-order valence-corrected chi connectivity index (χ3v) is 4.26. The lowest BCUT2D eigenvalue weighted by Gasteiger charge is -2.29. The van der Waals surface area contributed by atoms with Crippen molar-refractivity contribution in [2.24, 2.45) is 11.1 Å². The van der Waals surface area contributed by atoms with Crippen molar-refractivity contribution in [2.75, 3.05) is 20.1 Å². The van der Waals surface area contributed by atoms with Crippen LogP contribution in [0.5, 0.6) is 0 Å². The van der Waals surface area contributed by atoms with Crippen molar-refractivity contribution in [2.45, 2.75) is 33.2 Å². The number of imide groups is 1. The summed E-state index contributed by atoms with van der Waals surface area (Å²) in [5.41, 5.74) is 6.99. The molecule has 6 nitrogen and oxygen atoms in total. The zero-order valence-corrected chi connectivity index (χ0v) is 14.5. The average molecular weight is 331 g/mol. The first-order valence-corrected chi connectivity index (χ1v) is 8.11. The molecule has 1 aromatic rings. The maximum Gasteiger partial charge on any atom is 0.253 e. The summed E-state index contributed by atoms with van der Waals surface area (Å²) in [4.78, 5) is 38.7. The van der Waals surface area contributed by atoms with Crippen LogP contribution in [0.25, 0.3) is 0 Å². The first-order chi connectivity index (χ1) is 11.2. The van der Waals surface area contributed by atoms with Crippen LogP contribution in [0.1, 0.15) is 42.6 Å². The van der Waals surface area contributed by atoms with Gasteiger partial charge in [-0.15, -0.1) is 0 Å². The second-order valence-electron chi connectivity index (χ2n) is 7.10. The summed E-state index contributed by atoms with van der Waals surface area (Å²) >= 11 is 0. The molecule has 1 aromatic carbocycles. The SMILES string of the molecule is CN(CC(C)(C)CN)C(=O)c1ccc(CN2C(=O)CCC2=O)cc1. The zero-order valence-electron chi connectivity index (χ0n) is 14.5. The highest BCUT2D eigenvalue weighted by Crippen LogP contribution is 2.18. The highest BCUT2D eigenvalue weighted by Gasteiger charge is 2.28. The lowest BCUT2D eigenvalue weighted by molar-refractivity contribution is -0.139. The average Bonchev–Trinajstić information content (AvgIpc) is 2.86. The van der Waals surface area contributed by atoms with Gasteiger partial charge in [0.2, 0.25) is 11.8 Å². The summed E-state index contributed by atoms with van der Waals surface area (Å²) in [6.45, 7) is 5.37. The van der Waals surface area contributed by atoms with E-state index < -0.39 is 0 Å². The van der Waals surface area contributed by atoms with Crippen LogP contribution in [-0.2, 0) is 16.1 Å². The number of likely N-dealkylation sites (tertiary alicyclic amines) is 1. The Morgan fingerprint density at radius 3 is 2.21 bits per heavy atom. The van der Waals surface area contributed by atoms with Crippen molar-refractivity contribution < 1.29 is 14.4 Å². The minimum absolute atomic E-state index is 0.0728. The van der Waals surface area contributed by atoms with Crippen molar-refractivity contribution >= 4 is 17.7 Å². The van der Waals surface area contributed by atoms with Crippen LogP contribution in [0.2, 0.25) is 0 Å². The van der Waals surface area contributed by atoms with Gasteiger partial charge in [0.15, 0.2) is 0 Å². The molecule has 1 saturated heterocycles. The quantitative estimate of drug-likeness (QED) is 0.799. The van der Waals surface area contributed by atoms with Crippen molar-refractivity contribution in [1.82, 2.24) is 9.80 Å². The van der Waals surface area contributed by atoms with Gasteiger partial charge in [-0.2, -0.15) is 0 Å². The summed E-state index contributed by atoms with van der Waals surface area (Å²) in [5, 5.41) is 0. The van der Waals surface area contributed by atoms with Gasteiger partial charge in [0.05, 0.1) is 6.54 Å². The highest BCUT2D eigenvalue weighted by molar-refractivity contribution is 6.01. The van der Waals surface area contributed by atoms with Crippen LogP contribution in [0.15, 0.2) is 24.3 Å². The number of hydrogen-bond donors (Lipinski definition) is 1. The Kier molecular flexibility index (Phi) is 5.39. The fourth-order valence-electron chi connectivity index (χ4n) is 2.73. The van der Waals surface area contributed by atoms with Gasteiger partial charge < -0.3 is 10.6 Å². The Labute approximate surface area is 142 Å². The van der Waals surface area contributed by atoms with Crippen LogP contribution < -0.4 is 5.73 Å². The molecule has 0 atom stereocenters. The first kappa shape index (κ1) is 18.1. The van der Waals surface area contributed by atoms with E-state index in [9.17, 15) is 14.4 Å². The molecule has 2 rings (SSSR count). The molecular formula is C18H25N3O3. The van der Waals surface area contributed by atoms with Gasteiger partial charge in [-0.1, -0.05) is 26.0 Å². The zero-order chi connectivity index (χ0) is 17.9. The monoisotopic (exact) mass is 331 g/mol. The number of carbonyl (C=O) groups is 3. The van der Waals surface area contributed by atoms with E-state index in [0.29, 0.717) is 18.7 Å². The number of benzene rings is 1. The number of amides is 3. The van der Waals surface area contributed by atoms with Crippen LogP contribution in [-0.4, -0.2) is 47.7 Å². The van der Waals surface area contributed by atoms with E-state index in [-0.39, 0.29) is 42.5 Å². The molecule has 1 heterocycles. The lowest BCUT2D eigenvalue weighted by Crippen LogP contribution is -2.39. The first-order valence-electron chi connectivity index (χ1n) is 8.11. The Morgan fingerprint density at radius 2 is 1.71 bits per heavy atom. The van der Waals surface area contributed by atoms with Gasteiger partial charge >= 0.3 is 0 Å². The van der Waals surface area contributed by atoms with Crippen molar-refractivity contribution in [3.8, 4) is 0 Å². The van der Waals surface area contributed by atoms with E-state index in [1.54, 1.807) is 36.2 Å². The number of hydrogen-bond acceptors (Lipinski definition) is 4. The van der Waals surface area contributed by atoms with Gasteiger partial charge in [-0.3, -0.25) is 19.3 Å². The molecule has 1 aliphatic rings. The normalized spacial score (nSPS) is 15.1. The van der Waals surface area contributed by atoms with E-state index in [1.807, 2.05) is 13.8 Å². The molecule has 2 N–H and O–H groups in total. The Morgan fingerprint density at radius 1 is 1.17 bits per heavy atom. The summed E-state index contributed by atoms with van der Waals surface area (Å²) in [5.74, 6) is -0.343. The molecular weight excluding hydrogens is 306 g/mol. The van der Waals surface area contributed by atoms with Crippen LogP contribution >= 0.6 is 0 Å². The number of nitrogens with zero attached hydrogens (tertiary/aromatic N) is 2. The predicted octanol–water partition coefficient (Wildman–Crippen LogP) is 1.39. The molecule has 0 aliphatic carbocycles. The molecule has 0 radical (unpaired) electrons. The maximum atomic E-state index is 12.5. The molecule has 1 fully saturated rings. The molecule has 0 saturated carbocycles. The van der Waals surface area contributed by atoms with Gasteiger partial charge in [0, 0.05) is 32.0 Å². The van der Waals surface area contributed by atoms with Crippen molar-refractivity contribution in [3.05, 3.63) is 35.4 Å². The standard InChI is InChI=1S/C18H25N3O3/c1-18(2,11-19)12-20(3)17(24)14-6-4-13(5-7-14)10-21-15(22)8-9-16(21)23/h4-7H,8-12,19H2,1-3H3. The largest absolute Gasteiger partial charge is 0.341 e. The van der Waals surface area contributed by atoms with E-state index in [4.69, 9.17) is 5.73 Å². The van der Waals surface area contributed by atoms with Crippen molar-refractivity contribution in [1.29, 1.82) is 0 Å². The fourth-order valence-corrected chi connectivity index (χ4v) is 2.73. The summed E-state index contributed by atoms with van der Waals surface area (Å²) in [7, 11) is 1.76. The Hall–Kier alpha value is -2.21. The minimum atomic E-state index is -0.138. The smallest absolute Gasteiger partial charge is 0.253 e. The number of carbonyl (C=O) groups excluding carboxylic acids is 3. The molecule has 6 heteroatoms. The molecule has 24 heavy (non-hydrogen) atoms. The molecule has 130 valence electrons. The molecule has 0 spiro atoms. The Bertz CT molecular complexity index is 621. The van der Waals surface area contributed by atoms with Gasteiger partial charge in [0.25, 0.3) is 5.91 Å². The number of nitrogens with two attached hydrogens (primary N) is 1. The Balaban J connectivity index is 2.02. The third kappa shape index (κ3) is 4.20. The van der Waals surface area contributed by atoms with Gasteiger partial charge in [0.1, 0.15) is 0 Å². The van der Waals surface area contributed by atoms with E-state index in [2.05, 4.69) is 0 Å². The molecule has 1 aliphatic heterocycles. The summed E-state index contributed by atoms with van der Waals surface area (Å²) in [6.07, 6.45) is 0.578. The molecule has 3 amide bonds. The lowest BCUT2D eigenvalue weighted by atomic mass is 9.93. The molecule has 0 bridgehead atoms. The second-order valence-corrected chi connectivity index (χ2v) is 7.10. The fraction of sp³-hybridized carbons (Fsp3) is 0.500. The van der Waals surface area contributed by atoms with Gasteiger partial charge in [-0.25, -0.2) is 0 Å². The summed E-state index contributed by atoms with van der Waals surface area (Å²) < 4.78 is 0. The van der Waals surface area contributed by atoms with Crippen molar-refractivity contribution in [3.63, 3.8) is 0 Å². The minimum Gasteiger partial charge on any atom is -0.341 e. The molecule has 0 aromatic heterocycles. The highest BCUT2D eigenvalue weighted by atomic mass is 16.2. The summed E-state index contributed by atoms with van der Waals surface area (Å²) in [6, 6.07) is 7.03. The topological polar surface area (TPSA) is 83.7 Å². The third-order valence-electron chi connectivity index (χ3n) is 4.26. The van der Waals surface area contributed by atoms with Crippen LogP contribution in [0.3, 0.4) is 0 Å². The van der Waals surface area contributed by atoms with E-state index in [0.717, 1.165) is 5.56 Å². The van der Waals surface area contributed by atoms with E-state index >= 15 is 0 Å². The molecule has 0 unspecified atom stereocenters. The maximum absolute atomic E-state index is 12.5. The van der Waals surface area contributed by atoms with Gasteiger partial charge in [-0.05, 0) is 29.7 Å². The van der Waals surface area contributed by atoms with E-state index in [1.165, 1.54) is 4.90 Å². The van der Waals surface area contributed by atoms with Crippen LogP contribution in [0, 0.1) is 5.41 Å².